The van der Waals surface area contributed by atoms with E-state index in [-0.39, 0.29) is 12.2 Å². The van der Waals surface area contributed by atoms with E-state index in [1.807, 2.05) is 41.9 Å². The number of benzene rings is 1. The molecule has 1 aromatic carbocycles. The van der Waals surface area contributed by atoms with Crippen LogP contribution in [0.5, 0.6) is 0 Å². The molecule has 0 aliphatic carbocycles. The lowest BCUT2D eigenvalue weighted by Gasteiger charge is -2.33. The van der Waals surface area contributed by atoms with E-state index in [1.165, 1.54) is 0 Å². The minimum Gasteiger partial charge on any atom is -0.391 e. The number of aliphatic hydroxyl groups is 1. The first-order valence-electron chi connectivity index (χ1n) is 7.62. The summed E-state index contributed by atoms with van der Waals surface area (Å²) in [4.78, 5) is 2.23. The number of rotatable bonds is 5. The van der Waals surface area contributed by atoms with Gasteiger partial charge in [-0.05, 0) is 12.0 Å². The fourth-order valence-electron chi connectivity index (χ4n) is 2.86. The Bertz CT molecular complexity index is 587. The summed E-state index contributed by atoms with van der Waals surface area (Å²) in [6.45, 7) is 2.86. The summed E-state index contributed by atoms with van der Waals surface area (Å²) in [5.74, 6) is 0.835. The highest BCUT2D eigenvalue weighted by molar-refractivity contribution is 5.15. The summed E-state index contributed by atoms with van der Waals surface area (Å²) in [7, 11) is 1.92. The van der Waals surface area contributed by atoms with Gasteiger partial charge in [0.15, 0.2) is 5.82 Å². The van der Waals surface area contributed by atoms with E-state index >= 15 is 0 Å². The summed E-state index contributed by atoms with van der Waals surface area (Å²) < 4.78 is 7.67. The van der Waals surface area contributed by atoms with Gasteiger partial charge in [-0.1, -0.05) is 30.3 Å². The third-order valence-corrected chi connectivity index (χ3v) is 3.97. The standard InChI is InChI=1S/C16H22N4O2/c1-19-12-17-18-16(19)15-11-20(7-8-22-15)10-14(21)9-13-5-3-2-4-6-13/h2-6,12,14-15,21H,7-11H2,1H3/t14-,15-/m1/s1. The third kappa shape index (κ3) is 3.71. The molecule has 0 spiro atoms. The molecule has 1 aliphatic rings. The number of aliphatic hydroxyl groups excluding tert-OH is 1. The Morgan fingerprint density at radius 3 is 2.91 bits per heavy atom. The van der Waals surface area contributed by atoms with Crippen LogP contribution in [-0.2, 0) is 18.2 Å². The summed E-state index contributed by atoms with van der Waals surface area (Å²) in [6.07, 6.45) is 1.90. The minimum absolute atomic E-state index is 0.0785. The van der Waals surface area contributed by atoms with Crippen LogP contribution in [0, 0.1) is 0 Å². The lowest BCUT2D eigenvalue weighted by molar-refractivity contribution is -0.0469. The van der Waals surface area contributed by atoms with Crippen molar-refractivity contribution in [2.45, 2.75) is 18.6 Å². The highest BCUT2D eigenvalue weighted by Crippen LogP contribution is 2.20. The number of ether oxygens (including phenoxy) is 1. The van der Waals surface area contributed by atoms with E-state index in [0.717, 1.165) is 24.5 Å². The molecule has 0 amide bonds. The molecule has 0 bridgehead atoms. The van der Waals surface area contributed by atoms with Crippen LogP contribution in [0.1, 0.15) is 17.5 Å². The van der Waals surface area contributed by atoms with Crippen molar-refractivity contribution in [3.63, 3.8) is 0 Å². The smallest absolute Gasteiger partial charge is 0.163 e. The van der Waals surface area contributed by atoms with Gasteiger partial charge in [0.2, 0.25) is 0 Å². The molecule has 2 atom stereocenters. The molecule has 6 nitrogen and oxygen atoms in total. The molecule has 0 unspecified atom stereocenters. The number of nitrogens with zero attached hydrogens (tertiary/aromatic N) is 4. The molecule has 1 aromatic heterocycles. The average molecular weight is 302 g/mol. The van der Waals surface area contributed by atoms with Crippen molar-refractivity contribution in [3.05, 3.63) is 48.0 Å². The molecule has 2 heterocycles. The maximum absolute atomic E-state index is 10.3. The number of β-amino-alcohol motifs (C(OH)–C–C–N with tert-alkyl or cyclic N) is 1. The maximum atomic E-state index is 10.3. The minimum atomic E-state index is -0.374. The van der Waals surface area contributed by atoms with Gasteiger partial charge in [-0.2, -0.15) is 0 Å². The Hall–Kier alpha value is -1.76. The van der Waals surface area contributed by atoms with E-state index in [4.69, 9.17) is 4.74 Å². The van der Waals surface area contributed by atoms with Crippen LogP contribution >= 0.6 is 0 Å². The summed E-state index contributed by atoms with van der Waals surface area (Å²) >= 11 is 0. The predicted molar refractivity (Wildman–Crippen MR) is 82.3 cm³/mol. The van der Waals surface area contributed by atoms with Crippen LogP contribution in [0.4, 0.5) is 0 Å². The first kappa shape index (κ1) is 15.1. The largest absolute Gasteiger partial charge is 0.391 e. The Morgan fingerprint density at radius 1 is 1.36 bits per heavy atom. The van der Waals surface area contributed by atoms with Gasteiger partial charge >= 0.3 is 0 Å². The van der Waals surface area contributed by atoms with Crippen LogP contribution < -0.4 is 0 Å². The number of aromatic nitrogens is 3. The quantitative estimate of drug-likeness (QED) is 0.885. The highest BCUT2D eigenvalue weighted by atomic mass is 16.5. The van der Waals surface area contributed by atoms with Crippen molar-refractivity contribution < 1.29 is 9.84 Å². The van der Waals surface area contributed by atoms with Crippen LogP contribution in [0.3, 0.4) is 0 Å². The molecule has 0 saturated carbocycles. The zero-order valence-corrected chi connectivity index (χ0v) is 12.8. The van der Waals surface area contributed by atoms with Crippen molar-refractivity contribution in [2.75, 3.05) is 26.2 Å². The fourth-order valence-corrected chi connectivity index (χ4v) is 2.86. The Balaban J connectivity index is 1.55. The van der Waals surface area contributed by atoms with Gasteiger partial charge in [-0.3, -0.25) is 4.90 Å². The van der Waals surface area contributed by atoms with E-state index < -0.39 is 0 Å². The van der Waals surface area contributed by atoms with Crippen LogP contribution in [0.15, 0.2) is 36.7 Å². The number of hydrogen-bond donors (Lipinski definition) is 1. The Morgan fingerprint density at radius 2 is 2.18 bits per heavy atom. The van der Waals surface area contributed by atoms with Crippen molar-refractivity contribution in [1.82, 2.24) is 19.7 Å². The molecular weight excluding hydrogens is 280 g/mol. The van der Waals surface area contributed by atoms with Crippen LogP contribution in [-0.4, -0.2) is 57.1 Å². The number of hydrogen-bond acceptors (Lipinski definition) is 5. The highest BCUT2D eigenvalue weighted by Gasteiger charge is 2.26. The molecule has 3 rings (SSSR count). The van der Waals surface area contributed by atoms with Crippen LogP contribution in [0.25, 0.3) is 0 Å². The molecular formula is C16H22N4O2. The molecule has 1 aliphatic heterocycles. The zero-order chi connectivity index (χ0) is 15.4. The number of morpholine rings is 1. The van der Waals surface area contributed by atoms with E-state index in [0.29, 0.717) is 19.6 Å². The summed E-state index contributed by atoms with van der Waals surface area (Å²) in [5, 5.41) is 18.3. The van der Waals surface area contributed by atoms with Crippen molar-refractivity contribution in [1.29, 1.82) is 0 Å². The molecule has 22 heavy (non-hydrogen) atoms. The zero-order valence-electron chi connectivity index (χ0n) is 12.8. The topological polar surface area (TPSA) is 63.4 Å². The van der Waals surface area contributed by atoms with Crippen molar-refractivity contribution >= 4 is 0 Å². The lowest BCUT2D eigenvalue weighted by atomic mass is 10.1. The Labute approximate surface area is 130 Å². The molecule has 1 saturated heterocycles. The van der Waals surface area contributed by atoms with E-state index in [1.54, 1.807) is 6.33 Å². The summed E-state index contributed by atoms with van der Waals surface area (Å²) in [5.41, 5.74) is 1.16. The van der Waals surface area contributed by atoms with Crippen LogP contribution in [0.2, 0.25) is 0 Å². The third-order valence-electron chi connectivity index (χ3n) is 3.97. The normalized spacial score (nSPS) is 20.9. The summed E-state index contributed by atoms with van der Waals surface area (Å²) in [6, 6.07) is 10.1. The van der Waals surface area contributed by atoms with Crippen molar-refractivity contribution in [2.24, 2.45) is 7.05 Å². The lowest BCUT2D eigenvalue weighted by Crippen LogP contribution is -2.43. The van der Waals surface area contributed by atoms with Gasteiger partial charge in [-0.15, -0.1) is 10.2 Å². The molecule has 2 aromatic rings. The van der Waals surface area contributed by atoms with Crippen molar-refractivity contribution in [3.8, 4) is 0 Å². The SMILES string of the molecule is Cn1cnnc1[C@H]1CN(C[C@H](O)Cc2ccccc2)CCO1. The maximum Gasteiger partial charge on any atom is 0.163 e. The van der Waals surface area contributed by atoms with E-state index in [9.17, 15) is 5.11 Å². The molecule has 118 valence electrons. The predicted octanol–water partition coefficient (Wildman–Crippen LogP) is 0.792. The first-order chi connectivity index (χ1) is 10.7. The Kier molecular flexibility index (Phi) is 4.82. The fraction of sp³-hybridized carbons (Fsp3) is 0.500. The molecule has 1 N–H and O–H groups in total. The van der Waals surface area contributed by atoms with Gasteiger partial charge < -0.3 is 14.4 Å². The molecule has 1 fully saturated rings. The molecule has 0 radical (unpaired) electrons. The van der Waals surface area contributed by atoms with Gasteiger partial charge in [0.25, 0.3) is 0 Å². The second kappa shape index (κ2) is 7.00. The monoisotopic (exact) mass is 302 g/mol. The van der Waals surface area contributed by atoms with Gasteiger partial charge in [0, 0.05) is 26.7 Å². The second-order valence-electron chi connectivity index (χ2n) is 5.76. The van der Waals surface area contributed by atoms with Gasteiger partial charge in [-0.25, -0.2) is 0 Å². The number of aryl methyl sites for hydroxylation is 1. The average Bonchev–Trinajstić information content (AvgIpc) is 2.94. The van der Waals surface area contributed by atoms with Gasteiger partial charge in [0.05, 0.1) is 12.7 Å². The van der Waals surface area contributed by atoms with Gasteiger partial charge in [0.1, 0.15) is 12.4 Å². The van der Waals surface area contributed by atoms with E-state index in [2.05, 4.69) is 15.1 Å². The molecule has 6 heteroatoms. The first-order valence-corrected chi connectivity index (χ1v) is 7.62. The second-order valence-corrected chi connectivity index (χ2v) is 5.76.